The Kier molecular flexibility index (Phi) is 10.8. The number of esters is 1. The zero-order chi connectivity index (χ0) is 32.3. The maximum absolute atomic E-state index is 14.2. The Morgan fingerprint density at radius 3 is 2.47 bits per heavy atom. The van der Waals surface area contributed by atoms with Crippen LogP contribution >= 0.6 is 23.2 Å². The van der Waals surface area contributed by atoms with Crippen LogP contribution in [0, 0.1) is 12.7 Å². The van der Waals surface area contributed by atoms with Gasteiger partial charge in [0.1, 0.15) is 28.4 Å². The van der Waals surface area contributed by atoms with Gasteiger partial charge in [0, 0.05) is 22.4 Å². The number of fused-ring (bicyclic) bond motifs is 1. The largest absolute Gasteiger partial charge is 0.492 e. The molecule has 2 heterocycles. The van der Waals surface area contributed by atoms with Gasteiger partial charge in [-0.2, -0.15) is 21.9 Å². The molecule has 3 aromatic rings. The molecule has 4 rings (SSSR count). The van der Waals surface area contributed by atoms with Crippen LogP contribution < -0.4 is 14.6 Å². The first-order valence-electron chi connectivity index (χ1n) is 13.0. The minimum absolute atomic E-state index is 0.0377. The summed E-state index contributed by atoms with van der Waals surface area (Å²) in [7, 11) is -3.47. The van der Waals surface area contributed by atoms with E-state index in [0.29, 0.717) is 17.0 Å². The van der Waals surface area contributed by atoms with Gasteiger partial charge in [0.2, 0.25) is 0 Å². The first-order chi connectivity index (χ1) is 20.0. The summed E-state index contributed by atoms with van der Waals surface area (Å²) in [5.74, 6) is -0.805. The summed E-state index contributed by atoms with van der Waals surface area (Å²) in [5.41, 5.74) is -0.485. The predicted molar refractivity (Wildman–Crippen MR) is 154 cm³/mol. The van der Waals surface area contributed by atoms with Gasteiger partial charge < -0.3 is 13.7 Å². The van der Waals surface area contributed by atoms with Crippen LogP contribution in [0.25, 0.3) is 5.69 Å². The fourth-order valence-corrected chi connectivity index (χ4v) is 5.00. The Bertz CT molecular complexity index is 1660. The van der Waals surface area contributed by atoms with E-state index < -0.39 is 39.5 Å². The number of alkyl halides is 3. The van der Waals surface area contributed by atoms with E-state index in [1.807, 2.05) is 0 Å². The molecule has 0 saturated heterocycles. The Balaban J connectivity index is 0.000000257. The summed E-state index contributed by atoms with van der Waals surface area (Å²) in [5, 5.41) is 2.52. The van der Waals surface area contributed by atoms with E-state index in [-0.39, 0.29) is 50.9 Å². The fraction of sp³-hybridized carbons (Fsp3) is 0.444. The van der Waals surface area contributed by atoms with Gasteiger partial charge in [0.25, 0.3) is 0 Å². The van der Waals surface area contributed by atoms with Crippen molar-refractivity contribution in [1.82, 2.24) is 14.3 Å². The molecule has 0 fully saturated rings. The number of carbonyl (C=O) groups is 1. The topological polar surface area (TPSA) is 119 Å². The van der Waals surface area contributed by atoms with Gasteiger partial charge in [0.05, 0.1) is 19.0 Å². The molecule has 0 amide bonds. The van der Waals surface area contributed by atoms with E-state index in [2.05, 4.69) is 18.9 Å². The van der Waals surface area contributed by atoms with E-state index in [1.54, 1.807) is 32.0 Å². The standard InChI is InChI=1S/C15H14Cl2F3N3O3.C12H16O4S/c1-3-26-13(24)10(17)4-8-5-12(11(18)6-9(8)16)23-15(25)22(14(19)20)7(2)21-23;1-4-17(13,14)16-9-5-6-11-10(7-9)12(2,3)8-15-11/h5-6,10,14H,3-4H2,1-2H3;5-7H,4,8H2,1-3H3. The smallest absolute Gasteiger partial charge is 0.355 e. The summed E-state index contributed by atoms with van der Waals surface area (Å²) in [6.45, 7) is 6.06. The summed E-state index contributed by atoms with van der Waals surface area (Å²) in [4.78, 5) is 23.7. The second-order valence-corrected chi connectivity index (χ2v) is 12.8. The van der Waals surface area contributed by atoms with Crippen molar-refractivity contribution < 1.29 is 40.0 Å². The Morgan fingerprint density at radius 1 is 1.21 bits per heavy atom. The van der Waals surface area contributed by atoms with Gasteiger partial charge in [-0.25, -0.2) is 13.8 Å². The molecule has 0 saturated carbocycles. The Hall–Kier alpha value is -3.23. The first kappa shape index (κ1) is 34.3. The van der Waals surface area contributed by atoms with Gasteiger partial charge in [0.15, 0.2) is 5.82 Å². The van der Waals surface area contributed by atoms with Crippen molar-refractivity contribution in [2.45, 2.75) is 58.4 Å². The molecule has 10 nitrogen and oxygen atoms in total. The third-order valence-corrected chi connectivity index (χ3v) is 8.14. The van der Waals surface area contributed by atoms with Gasteiger partial charge in [-0.1, -0.05) is 25.4 Å². The number of hydrogen-bond acceptors (Lipinski definition) is 8. The number of benzene rings is 2. The molecule has 43 heavy (non-hydrogen) atoms. The second kappa shape index (κ2) is 13.6. The molecule has 1 aromatic heterocycles. The van der Waals surface area contributed by atoms with Crippen molar-refractivity contribution >= 4 is 39.3 Å². The van der Waals surface area contributed by atoms with E-state index in [4.69, 9.17) is 36.9 Å². The van der Waals surface area contributed by atoms with E-state index >= 15 is 0 Å². The van der Waals surface area contributed by atoms with Gasteiger partial charge >= 0.3 is 28.3 Å². The monoisotopic (exact) mass is 667 g/mol. The molecule has 0 radical (unpaired) electrons. The van der Waals surface area contributed by atoms with Crippen LogP contribution in [-0.2, 0) is 31.5 Å². The van der Waals surface area contributed by atoms with Crippen LogP contribution in [0.2, 0.25) is 5.02 Å². The molecule has 1 aliphatic rings. The summed E-state index contributed by atoms with van der Waals surface area (Å²) in [6, 6.07) is 7.15. The summed E-state index contributed by atoms with van der Waals surface area (Å²) in [6.07, 6.45) is -0.115. The lowest BCUT2D eigenvalue weighted by atomic mass is 9.87. The normalized spacial score (nSPS) is 14.4. The van der Waals surface area contributed by atoms with Crippen LogP contribution in [0.4, 0.5) is 13.2 Å². The lowest BCUT2D eigenvalue weighted by Crippen LogP contribution is -2.25. The molecule has 0 N–H and O–H groups in total. The number of hydrogen-bond donors (Lipinski definition) is 0. The van der Waals surface area contributed by atoms with Crippen molar-refractivity contribution in [3.8, 4) is 17.2 Å². The van der Waals surface area contributed by atoms with Crippen molar-refractivity contribution in [3.05, 3.63) is 68.6 Å². The third-order valence-electron chi connectivity index (χ3n) is 6.31. The van der Waals surface area contributed by atoms with Crippen molar-refractivity contribution in [3.63, 3.8) is 0 Å². The molecule has 1 aliphatic heterocycles. The highest BCUT2D eigenvalue weighted by Gasteiger charge is 2.32. The average Bonchev–Trinajstić information content (AvgIpc) is 3.39. The molecule has 0 bridgehead atoms. The quantitative estimate of drug-likeness (QED) is 0.171. The highest BCUT2D eigenvalue weighted by molar-refractivity contribution is 7.87. The van der Waals surface area contributed by atoms with Gasteiger partial charge in [-0.15, -0.1) is 16.7 Å². The minimum atomic E-state index is -3.47. The van der Waals surface area contributed by atoms with Crippen LogP contribution in [0.5, 0.6) is 11.5 Å². The van der Waals surface area contributed by atoms with E-state index in [0.717, 1.165) is 23.4 Å². The molecule has 236 valence electrons. The van der Waals surface area contributed by atoms with Crippen LogP contribution in [0.1, 0.15) is 51.2 Å². The summed E-state index contributed by atoms with van der Waals surface area (Å²) >= 11 is 11.9. The molecular weight excluding hydrogens is 638 g/mol. The molecule has 0 spiro atoms. The second-order valence-electron chi connectivity index (χ2n) is 9.97. The van der Waals surface area contributed by atoms with Crippen molar-refractivity contribution in [2.24, 2.45) is 0 Å². The van der Waals surface area contributed by atoms with Crippen LogP contribution in [0.3, 0.4) is 0 Å². The number of halogens is 5. The van der Waals surface area contributed by atoms with Crippen LogP contribution in [-0.4, -0.2) is 53.1 Å². The fourth-order valence-electron chi connectivity index (χ4n) is 4.02. The number of nitrogens with zero attached hydrogens (tertiary/aromatic N) is 3. The van der Waals surface area contributed by atoms with E-state index in [1.165, 1.54) is 6.92 Å². The minimum Gasteiger partial charge on any atom is -0.492 e. The zero-order valence-corrected chi connectivity index (χ0v) is 26.2. The number of aromatic nitrogens is 3. The number of carbonyl (C=O) groups excluding carboxylic acids is 1. The van der Waals surface area contributed by atoms with Crippen molar-refractivity contribution in [2.75, 3.05) is 19.0 Å². The van der Waals surface area contributed by atoms with E-state index in [9.17, 15) is 31.2 Å². The molecule has 1 unspecified atom stereocenters. The average molecular weight is 669 g/mol. The molecule has 2 aromatic carbocycles. The van der Waals surface area contributed by atoms with Gasteiger partial charge in [-0.3, -0.25) is 4.79 Å². The predicted octanol–water partition coefficient (Wildman–Crippen LogP) is 5.33. The Labute approximate surface area is 256 Å². The maximum atomic E-state index is 14.2. The van der Waals surface area contributed by atoms with Gasteiger partial charge in [-0.05, 0) is 56.7 Å². The Morgan fingerprint density at radius 2 is 1.88 bits per heavy atom. The highest BCUT2D eigenvalue weighted by atomic mass is 35.5. The van der Waals surface area contributed by atoms with Crippen molar-refractivity contribution in [1.29, 1.82) is 0 Å². The lowest BCUT2D eigenvalue weighted by molar-refractivity contribution is -0.142. The first-order valence-corrected chi connectivity index (χ1v) is 15.3. The zero-order valence-electron chi connectivity index (χ0n) is 23.9. The molecule has 1 atom stereocenters. The third kappa shape index (κ3) is 8.03. The molecular formula is C27H30Cl2F3N3O7S. The number of aryl methyl sites for hydroxylation is 1. The molecule has 0 aliphatic carbocycles. The maximum Gasteiger partial charge on any atom is 0.355 e. The molecule has 16 heteroatoms. The highest BCUT2D eigenvalue weighted by Crippen LogP contribution is 2.40. The number of ether oxygens (including phenoxy) is 2. The van der Waals surface area contributed by atoms with Crippen LogP contribution in [0.15, 0.2) is 35.1 Å². The number of rotatable bonds is 9. The lowest BCUT2D eigenvalue weighted by Gasteiger charge is -2.15. The SMILES string of the molecule is CCOC(=O)C(Cl)Cc1cc(-n2nc(C)n(C(F)F)c2=O)c(F)cc1Cl.CCS(=O)(=O)Oc1ccc2c(c1)C(C)(C)CO2. The summed E-state index contributed by atoms with van der Waals surface area (Å²) < 4.78 is 78.8.